The number of benzene rings is 2. The summed E-state index contributed by atoms with van der Waals surface area (Å²) < 4.78 is 0. The Morgan fingerprint density at radius 2 is 1.91 bits per heavy atom. The molecule has 2 aromatic carbocycles. The van der Waals surface area contributed by atoms with Crippen molar-refractivity contribution in [3.8, 4) is 0 Å². The van der Waals surface area contributed by atoms with E-state index >= 15 is 0 Å². The molecule has 23 heavy (non-hydrogen) atoms. The Morgan fingerprint density at radius 1 is 1.09 bits per heavy atom. The van der Waals surface area contributed by atoms with Crippen LogP contribution in [0.1, 0.15) is 11.3 Å². The first kappa shape index (κ1) is 14.7. The number of para-hydroxylation sites is 1. The third-order valence-electron chi connectivity index (χ3n) is 3.55. The summed E-state index contributed by atoms with van der Waals surface area (Å²) in [4.78, 5) is 15.2. The number of nitrogens with zero attached hydrogens (tertiary/aromatic N) is 2. The van der Waals surface area contributed by atoms with E-state index in [9.17, 15) is 10.1 Å². The lowest BCUT2D eigenvalue weighted by molar-refractivity contribution is -0.383. The van der Waals surface area contributed by atoms with E-state index in [4.69, 9.17) is 0 Å². The van der Waals surface area contributed by atoms with Crippen LogP contribution in [0.15, 0.2) is 54.6 Å². The van der Waals surface area contributed by atoms with Gasteiger partial charge in [0.25, 0.3) is 5.69 Å². The molecule has 1 aromatic heterocycles. The molecule has 0 spiro atoms. The second-order valence-electron chi connectivity index (χ2n) is 5.05. The van der Waals surface area contributed by atoms with Gasteiger partial charge in [0.05, 0.1) is 16.1 Å². The van der Waals surface area contributed by atoms with Gasteiger partial charge in [0, 0.05) is 18.5 Å². The van der Waals surface area contributed by atoms with Crippen LogP contribution in [0.3, 0.4) is 0 Å². The first-order valence-electron chi connectivity index (χ1n) is 7.17. The fourth-order valence-electron chi connectivity index (χ4n) is 2.37. The molecule has 0 aliphatic carbocycles. The van der Waals surface area contributed by atoms with Gasteiger partial charge < -0.3 is 5.32 Å². The Balaban J connectivity index is 1.92. The number of aromatic nitrogens is 1. The van der Waals surface area contributed by atoms with Crippen LogP contribution < -0.4 is 5.32 Å². The third-order valence-corrected chi connectivity index (χ3v) is 3.55. The summed E-state index contributed by atoms with van der Waals surface area (Å²) in [6, 6.07) is 16.9. The highest BCUT2D eigenvalue weighted by Gasteiger charge is 2.12. The average Bonchev–Trinajstić information content (AvgIpc) is 2.59. The molecule has 3 rings (SSSR count). The lowest BCUT2D eigenvalue weighted by Gasteiger charge is -2.03. The van der Waals surface area contributed by atoms with Gasteiger partial charge in [0.2, 0.25) is 0 Å². The second-order valence-corrected chi connectivity index (χ2v) is 5.05. The van der Waals surface area contributed by atoms with Crippen molar-refractivity contribution in [2.75, 3.05) is 12.4 Å². The van der Waals surface area contributed by atoms with E-state index in [0.717, 1.165) is 22.2 Å². The van der Waals surface area contributed by atoms with Crippen molar-refractivity contribution in [3.63, 3.8) is 0 Å². The molecule has 0 bridgehead atoms. The lowest BCUT2D eigenvalue weighted by atomic mass is 10.1. The van der Waals surface area contributed by atoms with Crippen LogP contribution in [-0.2, 0) is 0 Å². The standard InChI is InChI=1S/C18H15N3O2/c1-19-17-11-7-13(12-18(17)21(22)23)6-9-15-10-8-14-4-2-3-5-16(14)20-15/h2-12,19H,1H3/b9-6+. The maximum Gasteiger partial charge on any atom is 0.292 e. The van der Waals surface area contributed by atoms with Crippen LogP contribution >= 0.6 is 0 Å². The Morgan fingerprint density at radius 3 is 2.70 bits per heavy atom. The first-order chi connectivity index (χ1) is 11.2. The van der Waals surface area contributed by atoms with Gasteiger partial charge in [-0.25, -0.2) is 4.98 Å². The van der Waals surface area contributed by atoms with Crippen molar-refractivity contribution in [1.29, 1.82) is 0 Å². The number of pyridine rings is 1. The maximum atomic E-state index is 11.1. The number of hydrogen-bond donors (Lipinski definition) is 1. The third kappa shape index (κ3) is 3.18. The summed E-state index contributed by atoms with van der Waals surface area (Å²) in [5.41, 5.74) is 3.04. The summed E-state index contributed by atoms with van der Waals surface area (Å²) in [6.45, 7) is 0. The Bertz CT molecular complexity index is 904. The molecule has 0 saturated heterocycles. The van der Waals surface area contributed by atoms with Gasteiger partial charge >= 0.3 is 0 Å². The summed E-state index contributed by atoms with van der Waals surface area (Å²) >= 11 is 0. The number of rotatable bonds is 4. The zero-order valence-corrected chi connectivity index (χ0v) is 12.6. The fourth-order valence-corrected chi connectivity index (χ4v) is 2.37. The number of nitro benzene ring substituents is 1. The van der Waals surface area contributed by atoms with Crippen molar-refractivity contribution in [3.05, 3.63) is 76.0 Å². The van der Waals surface area contributed by atoms with Crippen LogP contribution in [-0.4, -0.2) is 17.0 Å². The van der Waals surface area contributed by atoms with Gasteiger partial charge in [-0.05, 0) is 29.8 Å². The van der Waals surface area contributed by atoms with E-state index in [0.29, 0.717) is 5.69 Å². The van der Waals surface area contributed by atoms with Crippen molar-refractivity contribution < 1.29 is 4.92 Å². The molecule has 0 radical (unpaired) electrons. The average molecular weight is 305 g/mol. The van der Waals surface area contributed by atoms with Gasteiger partial charge in [-0.3, -0.25) is 10.1 Å². The summed E-state index contributed by atoms with van der Waals surface area (Å²) in [5.74, 6) is 0. The lowest BCUT2D eigenvalue weighted by Crippen LogP contribution is -1.96. The summed E-state index contributed by atoms with van der Waals surface area (Å²) in [5, 5.41) is 15.0. The van der Waals surface area contributed by atoms with Crippen molar-refractivity contribution in [2.45, 2.75) is 0 Å². The van der Waals surface area contributed by atoms with Gasteiger partial charge in [0.15, 0.2) is 0 Å². The molecule has 5 heteroatoms. The summed E-state index contributed by atoms with van der Waals surface area (Å²) in [7, 11) is 1.66. The Kier molecular flexibility index (Phi) is 4.01. The first-order valence-corrected chi connectivity index (χ1v) is 7.17. The minimum atomic E-state index is -0.391. The van der Waals surface area contributed by atoms with Gasteiger partial charge in [-0.2, -0.15) is 0 Å². The van der Waals surface area contributed by atoms with E-state index < -0.39 is 4.92 Å². The molecule has 1 heterocycles. The highest BCUT2D eigenvalue weighted by atomic mass is 16.6. The van der Waals surface area contributed by atoms with Crippen LogP contribution in [0.2, 0.25) is 0 Å². The van der Waals surface area contributed by atoms with E-state index in [-0.39, 0.29) is 5.69 Å². The molecule has 114 valence electrons. The Hall–Kier alpha value is -3.21. The van der Waals surface area contributed by atoms with Gasteiger partial charge in [0.1, 0.15) is 5.69 Å². The molecule has 0 amide bonds. The SMILES string of the molecule is CNc1ccc(/C=C/c2ccc3ccccc3n2)cc1[N+](=O)[O-]. The fraction of sp³-hybridized carbons (Fsp3) is 0.0556. The van der Waals surface area contributed by atoms with E-state index in [2.05, 4.69) is 10.3 Å². The summed E-state index contributed by atoms with van der Waals surface area (Å²) in [6.07, 6.45) is 3.67. The van der Waals surface area contributed by atoms with Gasteiger partial charge in [-0.1, -0.05) is 36.4 Å². The van der Waals surface area contributed by atoms with Crippen molar-refractivity contribution in [2.24, 2.45) is 0 Å². The number of nitro groups is 1. The van der Waals surface area contributed by atoms with E-state index in [1.54, 1.807) is 19.2 Å². The molecule has 0 atom stereocenters. The molecule has 0 saturated carbocycles. The quantitative estimate of drug-likeness (QED) is 0.574. The van der Waals surface area contributed by atoms with Crippen molar-refractivity contribution >= 4 is 34.4 Å². The molecule has 0 unspecified atom stereocenters. The number of fused-ring (bicyclic) bond motifs is 1. The van der Waals surface area contributed by atoms with Crippen molar-refractivity contribution in [1.82, 2.24) is 4.98 Å². The Labute approximate surface area is 133 Å². The predicted molar refractivity (Wildman–Crippen MR) is 93.3 cm³/mol. The highest BCUT2D eigenvalue weighted by molar-refractivity contribution is 5.81. The number of nitrogens with one attached hydrogen (secondary N) is 1. The van der Waals surface area contributed by atoms with E-state index in [1.807, 2.05) is 54.6 Å². The molecule has 1 N–H and O–H groups in total. The maximum absolute atomic E-state index is 11.1. The second kappa shape index (κ2) is 6.27. The molecule has 3 aromatic rings. The van der Waals surface area contributed by atoms with Gasteiger partial charge in [-0.15, -0.1) is 0 Å². The van der Waals surface area contributed by atoms with Crippen LogP contribution in [0, 0.1) is 10.1 Å². The molecular weight excluding hydrogens is 290 g/mol. The smallest absolute Gasteiger partial charge is 0.292 e. The molecule has 0 aliphatic heterocycles. The zero-order valence-electron chi connectivity index (χ0n) is 12.6. The molecular formula is C18H15N3O2. The monoisotopic (exact) mass is 305 g/mol. The number of anilines is 1. The molecule has 0 fully saturated rings. The molecule has 0 aliphatic rings. The minimum absolute atomic E-state index is 0.0566. The highest BCUT2D eigenvalue weighted by Crippen LogP contribution is 2.26. The van der Waals surface area contributed by atoms with Crippen LogP contribution in [0.5, 0.6) is 0 Å². The van der Waals surface area contributed by atoms with Crippen LogP contribution in [0.25, 0.3) is 23.1 Å². The van der Waals surface area contributed by atoms with E-state index in [1.165, 1.54) is 0 Å². The molecule has 5 nitrogen and oxygen atoms in total. The zero-order chi connectivity index (χ0) is 16.2. The largest absolute Gasteiger partial charge is 0.383 e. The van der Waals surface area contributed by atoms with Crippen LogP contribution in [0.4, 0.5) is 11.4 Å². The minimum Gasteiger partial charge on any atom is -0.383 e. The number of hydrogen-bond acceptors (Lipinski definition) is 4. The predicted octanol–water partition coefficient (Wildman–Crippen LogP) is 4.36. The topological polar surface area (TPSA) is 68.1 Å². The normalized spacial score (nSPS) is 11.0.